The first-order valence-electron chi connectivity index (χ1n) is 8.25. The molecule has 0 radical (unpaired) electrons. The van der Waals surface area contributed by atoms with E-state index in [4.69, 9.17) is 9.47 Å². The van der Waals surface area contributed by atoms with Gasteiger partial charge in [0.05, 0.1) is 24.7 Å². The fourth-order valence-corrected chi connectivity index (χ4v) is 2.86. The van der Waals surface area contributed by atoms with Gasteiger partial charge in [0.25, 0.3) is 0 Å². The van der Waals surface area contributed by atoms with Crippen molar-refractivity contribution in [1.29, 1.82) is 0 Å². The van der Waals surface area contributed by atoms with Gasteiger partial charge in [0.1, 0.15) is 22.8 Å². The van der Waals surface area contributed by atoms with E-state index in [2.05, 4.69) is 0 Å². The molecular weight excluding hydrogens is 332 g/mol. The summed E-state index contributed by atoms with van der Waals surface area (Å²) in [6.45, 7) is 3.61. The first-order valence-corrected chi connectivity index (χ1v) is 8.25. The molecule has 2 aromatic carbocycles. The summed E-state index contributed by atoms with van der Waals surface area (Å²) in [5.41, 5.74) is 0.585. The summed E-state index contributed by atoms with van der Waals surface area (Å²) in [5, 5.41) is 10.2. The zero-order valence-electron chi connectivity index (χ0n) is 14.9. The summed E-state index contributed by atoms with van der Waals surface area (Å²) in [7, 11) is 1.58. The van der Waals surface area contributed by atoms with Crippen LogP contribution >= 0.6 is 0 Å². The molecule has 1 N–H and O–H groups in total. The summed E-state index contributed by atoms with van der Waals surface area (Å²) >= 11 is 0. The van der Waals surface area contributed by atoms with Crippen LogP contribution in [0.5, 0.6) is 17.2 Å². The number of benzene rings is 2. The molecule has 0 amide bonds. The van der Waals surface area contributed by atoms with Gasteiger partial charge in [-0.2, -0.15) is 0 Å². The fourth-order valence-electron chi connectivity index (χ4n) is 2.86. The van der Waals surface area contributed by atoms with Gasteiger partial charge in [0.15, 0.2) is 11.6 Å². The number of carbonyl (C=O) groups excluding carboxylic acids is 2. The Bertz CT molecular complexity index is 891. The van der Waals surface area contributed by atoms with E-state index in [1.54, 1.807) is 25.3 Å². The van der Waals surface area contributed by atoms with E-state index in [1.165, 1.54) is 18.2 Å². The third-order valence-electron chi connectivity index (χ3n) is 4.18. The van der Waals surface area contributed by atoms with Crippen LogP contribution in [0.15, 0.2) is 42.5 Å². The number of allylic oxidation sites excluding steroid dienone is 1. The maximum atomic E-state index is 12.5. The van der Waals surface area contributed by atoms with Crippen LogP contribution in [0.4, 0.5) is 0 Å². The predicted octanol–water partition coefficient (Wildman–Crippen LogP) is 4.04. The lowest BCUT2D eigenvalue weighted by molar-refractivity contribution is 0.0619. The van der Waals surface area contributed by atoms with Crippen LogP contribution in [0.25, 0.3) is 6.08 Å². The molecule has 2 aromatic rings. The highest BCUT2D eigenvalue weighted by Crippen LogP contribution is 2.37. The van der Waals surface area contributed by atoms with Crippen LogP contribution in [0, 0.1) is 0 Å². The predicted molar refractivity (Wildman–Crippen MR) is 98.1 cm³/mol. The van der Waals surface area contributed by atoms with Crippen LogP contribution in [0.2, 0.25) is 0 Å². The molecule has 26 heavy (non-hydrogen) atoms. The second-order valence-corrected chi connectivity index (χ2v) is 6.80. The van der Waals surface area contributed by atoms with Gasteiger partial charge in [0, 0.05) is 6.07 Å². The van der Waals surface area contributed by atoms with Crippen molar-refractivity contribution in [2.24, 2.45) is 0 Å². The molecule has 0 atom stereocenters. The number of phenolic OH excluding ortho intramolecular Hbond substituents is 1. The van der Waals surface area contributed by atoms with Gasteiger partial charge < -0.3 is 14.6 Å². The summed E-state index contributed by atoms with van der Waals surface area (Å²) in [5.74, 6) is 0.323. The fraction of sp³-hybridized carbons (Fsp3) is 0.238. The lowest BCUT2D eigenvalue weighted by Gasteiger charge is -2.31. The monoisotopic (exact) mass is 352 g/mol. The quantitative estimate of drug-likeness (QED) is 0.664. The van der Waals surface area contributed by atoms with E-state index in [-0.39, 0.29) is 23.5 Å². The average molecular weight is 352 g/mol. The first-order chi connectivity index (χ1) is 12.3. The molecule has 0 unspecified atom stereocenters. The minimum atomic E-state index is -0.629. The molecule has 0 saturated carbocycles. The second-order valence-electron chi connectivity index (χ2n) is 6.80. The van der Waals surface area contributed by atoms with Crippen molar-refractivity contribution in [2.75, 3.05) is 7.11 Å². The molecule has 0 spiro atoms. The number of fused-ring (bicyclic) bond motifs is 1. The molecule has 1 aliphatic rings. The summed E-state index contributed by atoms with van der Waals surface area (Å²) in [6, 6.07) is 9.95. The molecule has 1 heterocycles. The Balaban J connectivity index is 1.87. The Morgan fingerprint density at radius 3 is 2.58 bits per heavy atom. The number of Topliss-reactive ketones (excluding diaryl/α,β-unsaturated/α-hetero) is 1. The number of hydrogen-bond acceptors (Lipinski definition) is 5. The Labute approximate surface area is 151 Å². The molecule has 0 aromatic heterocycles. The van der Waals surface area contributed by atoms with Crippen molar-refractivity contribution in [1.82, 2.24) is 0 Å². The Hall–Kier alpha value is -3.08. The van der Waals surface area contributed by atoms with E-state index in [9.17, 15) is 14.7 Å². The van der Waals surface area contributed by atoms with Crippen LogP contribution in [-0.4, -0.2) is 29.4 Å². The Morgan fingerprint density at radius 2 is 1.92 bits per heavy atom. The van der Waals surface area contributed by atoms with Gasteiger partial charge in [-0.3, -0.25) is 9.59 Å². The number of carbonyl (C=O) groups is 2. The first kappa shape index (κ1) is 17.7. The largest absolute Gasteiger partial charge is 0.507 e. The number of methoxy groups -OCH3 is 1. The van der Waals surface area contributed by atoms with Gasteiger partial charge in [0.2, 0.25) is 0 Å². The highest BCUT2D eigenvalue weighted by molar-refractivity contribution is 6.11. The smallest absolute Gasteiger partial charge is 0.189 e. The van der Waals surface area contributed by atoms with E-state index in [0.29, 0.717) is 11.3 Å². The highest BCUT2D eigenvalue weighted by Gasteiger charge is 2.33. The number of hydrogen-bond donors (Lipinski definition) is 1. The number of aromatic hydroxyl groups is 1. The van der Waals surface area contributed by atoms with Crippen molar-refractivity contribution < 1.29 is 24.2 Å². The number of ketones is 2. The topological polar surface area (TPSA) is 72.8 Å². The number of phenols is 1. The van der Waals surface area contributed by atoms with Gasteiger partial charge in [-0.1, -0.05) is 18.2 Å². The summed E-state index contributed by atoms with van der Waals surface area (Å²) < 4.78 is 10.8. The van der Waals surface area contributed by atoms with Crippen molar-refractivity contribution in [3.63, 3.8) is 0 Å². The third kappa shape index (κ3) is 3.61. The van der Waals surface area contributed by atoms with Crippen molar-refractivity contribution in [3.05, 3.63) is 59.2 Å². The highest BCUT2D eigenvalue weighted by atomic mass is 16.5. The van der Waals surface area contributed by atoms with Gasteiger partial charge in [-0.05, 0) is 43.7 Å². The van der Waals surface area contributed by atoms with Gasteiger partial charge >= 0.3 is 0 Å². The molecule has 5 nitrogen and oxygen atoms in total. The average Bonchev–Trinajstić information content (AvgIpc) is 2.58. The Morgan fingerprint density at radius 1 is 1.23 bits per heavy atom. The maximum Gasteiger partial charge on any atom is 0.189 e. The lowest BCUT2D eigenvalue weighted by atomic mass is 9.91. The molecule has 0 aliphatic carbocycles. The molecule has 1 aliphatic heterocycles. The SMILES string of the molecule is COc1ccc(/C=C/C(=O)c2cc3c(cc2O)OC(C)(C)CC3=O)cc1. The summed E-state index contributed by atoms with van der Waals surface area (Å²) in [6.07, 6.45) is 3.23. The normalized spacial score (nSPS) is 15.4. The van der Waals surface area contributed by atoms with E-state index in [0.717, 1.165) is 11.3 Å². The van der Waals surface area contributed by atoms with Crippen LogP contribution in [-0.2, 0) is 0 Å². The molecule has 0 bridgehead atoms. The lowest BCUT2D eigenvalue weighted by Crippen LogP contribution is -2.36. The standard InChI is InChI=1S/C21H20O5/c1-21(2)12-19(24)16-10-15(18(23)11-20(16)26-21)17(22)9-6-13-4-7-14(25-3)8-5-13/h4-11,23H,12H2,1-3H3/b9-6+. The van der Waals surface area contributed by atoms with Crippen molar-refractivity contribution in [3.8, 4) is 17.2 Å². The molecule has 134 valence electrons. The molecule has 0 fully saturated rings. The van der Waals surface area contributed by atoms with Crippen LogP contribution < -0.4 is 9.47 Å². The van der Waals surface area contributed by atoms with Crippen molar-refractivity contribution >= 4 is 17.6 Å². The molecule has 3 rings (SSSR count). The van der Waals surface area contributed by atoms with Gasteiger partial charge in [-0.25, -0.2) is 0 Å². The minimum Gasteiger partial charge on any atom is -0.507 e. The zero-order chi connectivity index (χ0) is 18.9. The summed E-state index contributed by atoms with van der Waals surface area (Å²) in [4.78, 5) is 24.8. The Kier molecular flexibility index (Phi) is 4.55. The molecule has 5 heteroatoms. The van der Waals surface area contributed by atoms with Gasteiger partial charge in [-0.15, -0.1) is 0 Å². The van der Waals surface area contributed by atoms with Crippen LogP contribution in [0.1, 0.15) is 46.5 Å². The number of rotatable bonds is 4. The zero-order valence-corrected chi connectivity index (χ0v) is 14.9. The van der Waals surface area contributed by atoms with E-state index in [1.807, 2.05) is 26.0 Å². The van der Waals surface area contributed by atoms with Crippen LogP contribution in [0.3, 0.4) is 0 Å². The molecule has 0 saturated heterocycles. The molecular formula is C21H20O5. The number of ether oxygens (including phenoxy) is 2. The maximum absolute atomic E-state index is 12.5. The van der Waals surface area contributed by atoms with Crippen molar-refractivity contribution in [2.45, 2.75) is 25.9 Å². The van der Waals surface area contributed by atoms with E-state index < -0.39 is 11.4 Å². The second kappa shape index (κ2) is 6.67. The third-order valence-corrected chi connectivity index (χ3v) is 4.18. The minimum absolute atomic E-state index is 0.0742. The van der Waals surface area contributed by atoms with E-state index >= 15 is 0 Å².